The first-order chi connectivity index (χ1) is 8.60. The van der Waals surface area contributed by atoms with Gasteiger partial charge in [0.15, 0.2) is 5.78 Å². The summed E-state index contributed by atoms with van der Waals surface area (Å²) in [4.78, 5) is 27.3. The predicted octanol–water partition coefficient (Wildman–Crippen LogP) is 1.60. The number of ketones is 1. The van der Waals surface area contributed by atoms with Crippen molar-refractivity contribution in [1.29, 1.82) is 0 Å². The van der Waals surface area contributed by atoms with Gasteiger partial charge >= 0.3 is 0 Å². The van der Waals surface area contributed by atoms with Crippen LogP contribution in [0.15, 0.2) is 12.1 Å². The van der Waals surface area contributed by atoms with Crippen LogP contribution in [0.4, 0.5) is 11.6 Å². The Hall–Kier alpha value is -1.91. The summed E-state index contributed by atoms with van der Waals surface area (Å²) in [5, 5.41) is 5.74. The molecule has 1 aliphatic rings. The van der Waals surface area contributed by atoms with Gasteiger partial charge in [-0.15, -0.1) is 0 Å². The quantitative estimate of drug-likeness (QED) is 0.851. The highest BCUT2D eigenvalue weighted by atomic mass is 16.2. The number of anilines is 2. The van der Waals surface area contributed by atoms with Crippen LogP contribution in [0, 0.1) is 5.92 Å². The minimum Gasteiger partial charge on any atom is -0.363 e. The minimum absolute atomic E-state index is 0.0302. The van der Waals surface area contributed by atoms with E-state index >= 15 is 0 Å². The zero-order valence-corrected chi connectivity index (χ0v) is 10.6. The Morgan fingerprint density at radius 3 is 3.06 bits per heavy atom. The van der Waals surface area contributed by atoms with Crippen LogP contribution in [0.5, 0.6) is 0 Å². The van der Waals surface area contributed by atoms with Gasteiger partial charge in [-0.1, -0.05) is 19.9 Å². The Balaban J connectivity index is 2.12. The summed E-state index contributed by atoms with van der Waals surface area (Å²) < 4.78 is 0. The minimum atomic E-state index is -0.0307. The molecule has 1 aliphatic heterocycles. The summed E-state index contributed by atoms with van der Waals surface area (Å²) in [5.41, 5.74) is 0.882. The number of amides is 1. The molecule has 18 heavy (non-hydrogen) atoms. The number of Topliss-reactive ketones (excluding diaryl/α,β-unsaturated/α-hetero) is 1. The maximum atomic E-state index is 11.7. The lowest BCUT2D eigenvalue weighted by Gasteiger charge is -2.17. The van der Waals surface area contributed by atoms with Crippen LogP contribution in [0.2, 0.25) is 0 Å². The second-order valence-corrected chi connectivity index (χ2v) is 4.57. The molecule has 5 nitrogen and oxygen atoms in total. The van der Waals surface area contributed by atoms with Crippen molar-refractivity contribution < 1.29 is 9.59 Å². The standard InChI is InChI=1S/C13H17N3O2/c1-3-8(2)13(18)16-11-5-4-9-6-10(17)7-14-12(9)15-11/h4-5,8H,3,6-7H2,1-2H3,(H2,14,15,16,18)/t8-/m1/s1. The molecule has 0 fully saturated rings. The van der Waals surface area contributed by atoms with Crippen molar-refractivity contribution in [3.05, 3.63) is 17.7 Å². The van der Waals surface area contributed by atoms with Gasteiger partial charge in [0.2, 0.25) is 5.91 Å². The molecule has 0 radical (unpaired) electrons. The molecule has 96 valence electrons. The van der Waals surface area contributed by atoms with Gasteiger partial charge < -0.3 is 10.6 Å². The number of carbonyl (C=O) groups excluding carboxylic acids is 2. The molecule has 1 amide bonds. The number of carbonyl (C=O) groups is 2. The first-order valence-corrected chi connectivity index (χ1v) is 6.16. The average Bonchev–Trinajstić information content (AvgIpc) is 2.38. The van der Waals surface area contributed by atoms with Crippen molar-refractivity contribution >= 4 is 23.3 Å². The summed E-state index contributed by atoms with van der Waals surface area (Å²) in [6, 6.07) is 3.57. The molecule has 0 saturated heterocycles. The molecule has 2 heterocycles. The smallest absolute Gasteiger partial charge is 0.228 e. The fraction of sp³-hybridized carbons (Fsp3) is 0.462. The van der Waals surface area contributed by atoms with E-state index in [1.54, 1.807) is 6.07 Å². The Bertz CT molecular complexity index is 485. The van der Waals surface area contributed by atoms with E-state index in [0.29, 0.717) is 24.6 Å². The van der Waals surface area contributed by atoms with Gasteiger partial charge in [-0.2, -0.15) is 0 Å². The molecule has 0 bridgehead atoms. The van der Waals surface area contributed by atoms with Crippen molar-refractivity contribution in [2.24, 2.45) is 5.92 Å². The van der Waals surface area contributed by atoms with E-state index in [9.17, 15) is 9.59 Å². The molecule has 0 aromatic carbocycles. The predicted molar refractivity (Wildman–Crippen MR) is 69.5 cm³/mol. The molecular formula is C13H17N3O2. The van der Waals surface area contributed by atoms with Crippen LogP contribution in [-0.2, 0) is 16.0 Å². The molecule has 1 aromatic rings. The molecule has 0 aliphatic carbocycles. The lowest BCUT2D eigenvalue weighted by molar-refractivity contribution is -0.119. The number of hydrogen-bond acceptors (Lipinski definition) is 4. The molecule has 5 heteroatoms. The van der Waals surface area contributed by atoms with Crippen molar-refractivity contribution in [3.8, 4) is 0 Å². The van der Waals surface area contributed by atoms with Crippen LogP contribution in [0.3, 0.4) is 0 Å². The topological polar surface area (TPSA) is 71.1 Å². The summed E-state index contributed by atoms with van der Waals surface area (Å²) in [6.07, 6.45) is 1.21. The first kappa shape index (κ1) is 12.5. The largest absolute Gasteiger partial charge is 0.363 e. The van der Waals surface area contributed by atoms with Crippen LogP contribution in [0.1, 0.15) is 25.8 Å². The van der Waals surface area contributed by atoms with Gasteiger partial charge in [-0.3, -0.25) is 9.59 Å². The van der Waals surface area contributed by atoms with Gasteiger partial charge in [-0.05, 0) is 12.5 Å². The normalized spacial score (nSPS) is 15.6. The lowest BCUT2D eigenvalue weighted by atomic mass is 10.1. The number of fused-ring (bicyclic) bond motifs is 1. The van der Waals surface area contributed by atoms with Crippen LogP contribution in [-0.4, -0.2) is 23.2 Å². The van der Waals surface area contributed by atoms with E-state index in [4.69, 9.17) is 0 Å². The SMILES string of the molecule is CC[C@@H](C)C(=O)Nc1ccc2c(n1)NCC(=O)C2. The van der Waals surface area contributed by atoms with E-state index in [2.05, 4.69) is 15.6 Å². The van der Waals surface area contributed by atoms with E-state index in [1.807, 2.05) is 19.9 Å². The zero-order chi connectivity index (χ0) is 13.1. The zero-order valence-electron chi connectivity index (χ0n) is 10.6. The van der Waals surface area contributed by atoms with E-state index in [-0.39, 0.29) is 17.6 Å². The summed E-state index contributed by atoms with van der Waals surface area (Å²) in [6.45, 7) is 4.16. The lowest BCUT2D eigenvalue weighted by Crippen LogP contribution is -2.25. The summed E-state index contributed by atoms with van der Waals surface area (Å²) >= 11 is 0. The molecular weight excluding hydrogens is 230 g/mol. The Morgan fingerprint density at radius 2 is 2.33 bits per heavy atom. The van der Waals surface area contributed by atoms with E-state index in [0.717, 1.165) is 12.0 Å². The molecule has 0 spiro atoms. The van der Waals surface area contributed by atoms with Gasteiger partial charge in [0.25, 0.3) is 0 Å². The average molecular weight is 247 g/mol. The highest BCUT2D eigenvalue weighted by Crippen LogP contribution is 2.20. The number of pyridine rings is 1. The molecule has 2 N–H and O–H groups in total. The number of nitrogens with zero attached hydrogens (tertiary/aromatic N) is 1. The van der Waals surface area contributed by atoms with Gasteiger partial charge in [0, 0.05) is 17.9 Å². The number of rotatable bonds is 3. The van der Waals surface area contributed by atoms with Gasteiger partial charge in [0.05, 0.1) is 6.54 Å². The maximum Gasteiger partial charge on any atom is 0.228 e. The van der Waals surface area contributed by atoms with Crippen molar-refractivity contribution in [1.82, 2.24) is 4.98 Å². The van der Waals surface area contributed by atoms with E-state index < -0.39 is 0 Å². The van der Waals surface area contributed by atoms with Crippen molar-refractivity contribution in [2.75, 3.05) is 17.2 Å². The summed E-state index contributed by atoms with van der Waals surface area (Å²) in [7, 11) is 0. The Morgan fingerprint density at radius 1 is 1.56 bits per heavy atom. The third-order valence-electron chi connectivity index (χ3n) is 3.13. The monoisotopic (exact) mass is 247 g/mol. The molecule has 1 aromatic heterocycles. The summed E-state index contributed by atoms with van der Waals surface area (Å²) in [5.74, 6) is 1.31. The third kappa shape index (κ3) is 2.67. The van der Waals surface area contributed by atoms with Crippen molar-refractivity contribution in [3.63, 3.8) is 0 Å². The number of aromatic nitrogens is 1. The van der Waals surface area contributed by atoms with Gasteiger partial charge in [-0.25, -0.2) is 4.98 Å². The van der Waals surface area contributed by atoms with Crippen LogP contribution < -0.4 is 10.6 Å². The molecule has 1 atom stereocenters. The number of nitrogens with one attached hydrogen (secondary N) is 2. The van der Waals surface area contributed by atoms with Gasteiger partial charge in [0.1, 0.15) is 11.6 Å². The maximum absolute atomic E-state index is 11.7. The number of hydrogen-bond donors (Lipinski definition) is 2. The van der Waals surface area contributed by atoms with Crippen LogP contribution in [0.25, 0.3) is 0 Å². The van der Waals surface area contributed by atoms with E-state index in [1.165, 1.54) is 0 Å². The second-order valence-electron chi connectivity index (χ2n) is 4.57. The first-order valence-electron chi connectivity index (χ1n) is 6.16. The highest BCUT2D eigenvalue weighted by Gasteiger charge is 2.17. The molecule has 2 rings (SSSR count). The second kappa shape index (κ2) is 5.16. The fourth-order valence-electron chi connectivity index (χ4n) is 1.75. The Labute approximate surface area is 106 Å². The van der Waals surface area contributed by atoms with Crippen molar-refractivity contribution in [2.45, 2.75) is 26.7 Å². The highest BCUT2D eigenvalue weighted by molar-refractivity contribution is 5.92. The Kier molecular flexibility index (Phi) is 3.60. The fourth-order valence-corrected chi connectivity index (χ4v) is 1.75. The third-order valence-corrected chi connectivity index (χ3v) is 3.13. The molecule has 0 unspecified atom stereocenters. The van der Waals surface area contributed by atoms with Crippen LogP contribution >= 0.6 is 0 Å². The molecule has 0 saturated carbocycles.